The lowest BCUT2D eigenvalue weighted by Crippen LogP contribution is -2.11. The SMILES string of the molecule is COc1ccc(OC)c(-c2csc(NC(=O)CCCSc3nc4ccccc4[nH]3)n2)c1. The third-order valence-corrected chi connectivity index (χ3v) is 6.31. The number of hydrogen-bond acceptors (Lipinski definition) is 7. The van der Waals surface area contributed by atoms with Gasteiger partial charge in [0.25, 0.3) is 0 Å². The first kappa shape index (κ1) is 21.2. The molecule has 7 nitrogen and oxygen atoms in total. The van der Waals surface area contributed by atoms with E-state index in [1.165, 1.54) is 11.3 Å². The average Bonchev–Trinajstić information content (AvgIpc) is 3.42. The van der Waals surface area contributed by atoms with Crippen molar-refractivity contribution in [3.8, 4) is 22.8 Å². The van der Waals surface area contributed by atoms with E-state index in [4.69, 9.17) is 9.47 Å². The molecule has 2 aromatic carbocycles. The van der Waals surface area contributed by atoms with Crippen molar-refractivity contribution in [2.24, 2.45) is 0 Å². The lowest BCUT2D eigenvalue weighted by molar-refractivity contribution is -0.116. The van der Waals surface area contributed by atoms with Gasteiger partial charge in [-0.3, -0.25) is 4.79 Å². The maximum absolute atomic E-state index is 12.3. The van der Waals surface area contributed by atoms with Gasteiger partial charge in [0.15, 0.2) is 10.3 Å². The van der Waals surface area contributed by atoms with E-state index in [9.17, 15) is 4.79 Å². The van der Waals surface area contributed by atoms with E-state index in [1.54, 1.807) is 26.0 Å². The van der Waals surface area contributed by atoms with Gasteiger partial charge in [-0.15, -0.1) is 11.3 Å². The number of ether oxygens (including phenoxy) is 2. The molecule has 2 heterocycles. The monoisotopic (exact) mass is 454 g/mol. The van der Waals surface area contributed by atoms with Crippen molar-refractivity contribution < 1.29 is 14.3 Å². The highest BCUT2D eigenvalue weighted by atomic mass is 32.2. The molecule has 0 aliphatic carbocycles. The summed E-state index contributed by atoms with van der Waals surface area (Å²) in [7, 11) is 3.23. The molecule has 1 amide bonds. The van der Waals surface area contributed by atoms with Crippen molar-refractivity contribution in [2.75, 3.05) is 25.3 Å². The van der Waals surface area contributed by atoms with Crippen molar-refractivity contribution in [2.45, 2.75) is 18.0 Å². The zero-order valence-corrected chi connectivity index (χ0v) is 18.8. The van der Waals surface area contributed by atoms with Gasteiger partial charge in [0, 0.05) is 23.1 Å². The summed E-state index contributed by atoms with van der Waals surface area (Å²) in [5.41, 5.74) is 3.53. The van der Waals surface area contributed by atoms with Gasteiger partial charge in [-0.2, -0.15) is 0 Å². The Morgan fingerprint density at radius 3 is 2.84 bits per heavy atom. The van der Waals surface area contributed by atoms with Gasteiger partial charge in [0.1, 0.15) is 11.5 Å². The largest absolute Gasteiger partial charge is 0.497 e. The van der Waals surface area contributed by atoms with Crippen LogP contribution in [0, 0.1) is 0 Å². The molecule has 0 radical (unpaired) electrons. The second-order valence-corrected chi connectivity index (χ2v) is 8.61. The number of anilines is 1. The molecule has 4 rings (SSSR count). The first-order chi connectivity index (χ1) is 15.2. The number of aromatic amines is 1. The number of aromatic nitrogens is 3. The molecular formula is C22H22N4O3S2. The Morgan fingerprint density at radius 2 is 2.03 bits per heavy atom. The number of carbonyl (C=O) groups excluding carboxylic acids is 1. The molecule has 2 aromatic heterocycles. The molecule has 0 saturated heterocycles. The number of rotatable bonds is 9. The Bertz CT molecular complexity index is 1160. The highest BCUT2D eigenvalue weighted by Crippen LogP contribution is 2.35. The molecule has 0 spiro atoms. The molecule has 0 aliphatic rings. The van der Waals surface area contributed by atoms with E-state index in [0.29, 0.717) is 17.3 Å². The minimum atomic E-state index is -0.0521. The number of carbonyl (C=O) groups is 1. The van der Waals surface area contributed by atoms with Crippen LogP contribution in [0.5, 0.6) is 11.5 Å². The molecule has 4 aromatic rings. The van der Waals surface area contributed by atoms with Crippen molar-refractivity contribution in [1.29, 1.82) is 0 Å². The number of H-pyrrole nitrogens is 1. The fourth-order valence-corrected chi connectivity index (χ4v) is 4.60. The molecule has 0 unspecified atom stereocenters. The Labute approximate surface area is 188 Å². The van der Waals surface area contributed by atoms with Crippen molar-refractivity contribution in [1.82, 2.24) is 15.0 Å². The summed E-state index contributed by atoms with van der Waals surface area (Å²) in [5, 5.41) is 6.21. The standard InChI is InChI=1S/C22H22N4O3S2/c1-28-14-9-10-19(29-2)15(12-14)18-13-31-22(25-18)26-20(27)8-5-11-30-21-23-16-6-3-4-7-17(16)24-21/h3-4,6-7,9-10,12-13H,5,8,11H2,1-2H3,(H,23,24)(H,25,26,27). The molecule has 9 heteroatoms. The quantitative estimate of drug-likeness (QED) is 0.266. The third-order valence-electron chi connectivity index (χ3n) is 4.59. The van der Waals surface area contributed by atoms with Gasteiger partial charge < -0.3 is 19.8 Å². The van der Waals surface area contributed by atoms with Gasteiger partial charge >= 0.3 is 0 Å². The Hall–Kier alpha value is -3.04. The first-order valence-corrected chi connectivity index (χ1v) is 11.6. The first-order valence-electron chi connectivity index (χ1n) is 9.71. The predicted octanol–water partition coefficient (Wildman–Crippen LogP) is 5.21. The highest BCUT2D eigenvalue weighted by molar-refractivity contribution is 7.99. The molecule has 0 saturated carbocycles. The molecule has 2 N–H and O–H groups in total. The van der Waals surface area contributed by atoms with Crippen LogP contribution >= 0.6 is 23.1 Å². The number of thiazole rings is 1. The van der Waals surface area contributed by atoms with Crippen LogP contribution in [0.1, 0.15) is 12.8 Å². The molecular weight excluding hydrogens is 432 g/mol. The molecule has 0 bridgehead atoms. The fourth-order valence-electron chi connectivity index (χ4n) is 3.05. The lowest BCUT2D eigenvalue weighted by Gasteiger charge is -2.08. The number of nitrogens with zero attached hydrogens (tertiary/aromatic N) is 2. The predicted molar refractivity (Wildman–Crippen MR) is 125 cm³/mol. The van der Waals surface area contributed by atoms with E-state index in [1.807, 2.05) is 47.8 Å². The van der Waals surface area contributed by atoms with Crippen LogP contribution in [-0.2, 0) is 4.79 Å². The number of hydrogen-bond donors (Lipinski definition) is 2. The smallest absolute Gasteiger partial charge is 0.226 e. The van der Waals surface area contributed by atoms with Crippen LogP contribution in [0.4, 0.5) is 5.13 Å². The third kappa shape index (κ3) is 5.18. The van der Waals surface area contributed by atoms with Crippen LogP contribution in [0.3, 0.4) is 0 Å². The summed E-state index contributed by atoms with van der Waals surface area (Å²) in [4.78, 5) is 24.7. The van der Waals surface area contributed by atoms with Crippen LogP contribution in [0.15, 0.2) is 53.0 Å². The number of methoxy groups -OCH3 is 2. The van der Waals surface area contributed by atoms with Gasteiger partial charge in [-0.05, 0) is 36.8 Å². The van der Waals surface area contributed by atoms with E-state index >= 15 is 0 Å². The second kappa shape index (κ2) is 9.84. The van der Waals surface area contributed by atoms with Crippen molar-refractivity contribution in [3.63, 3.8) is 0 Å². The number of fused-ring (bicyclic) bond motifs is 1. The number of thioether (sulfide) groups is 1. The number of benzene rings is 2. The van der Waals surface area contributed by atoms with E-state index in [-0.39, 0.29) is 5.91 Å². The molecule has 0 atom stereocenters. The second-order valence-electron chi connectivity index (χ2n) is 6.66. The Kier molecular flexibility index (Phi) is 6.73. The highest BCUT2D eigenvalue weighted by Gasteiger charge is 2.13. The summed E-state index contributed by atoms with van der Waals surface area (Å²) in [6.45, 7) is 0. The number of imidazole rings is 1. The summed E-state index contributed by atoms with van der Waals surface area (Å²) in [6.07, 6.45) is 1.17. The molecule has 0 aliphatic heterocycles. The van der Waals surface area contributed by atoms with E-state index < -0.39 is 0 Å². The molecule has 31 heavy (non-hydrogen) atoms. The van der Waals surface area contributed by atoms with Crippen molar-refractivity contribution >= 4 is 45.2 Å². The van der Waals surface area contributed by atoms with Crippen LogP contribution < -0.4 is 14.8 Å². The maximum Gasteiger partial charge on any atom is 0.226 e. The van der Waals surface area contributed by atoms with E-state index in [2.05, 4.69) is 20.3 Å². The number of para-hydroxylation sites is 2. The number of amides is 1. The van der Waals surface area contributed by atoms with Gasteiger partial charge in [-0.1, -0.05) is 23.9 Å². The summed E-state index contributed by atoms with van der Waals surface area (Å²) < 4.78 is 10.7. The molecule has 0 fully saturated rings. The normalized spacial score (nSPS) is 10.9. The zero-order valence-electron chi connectivity index (χ0n) is 17.2. The van der Waals surface area contributed by atoms with Crippen LogP contribution in [0.2, 0.25) is 0 Å². The summed E-state index contributed by atoms with van der Waals surface area (Å²) in [6, 6.07) is 13.5. The topological polar surface area (TPSA) is 89.1 Å². The lowest BCUT2D eigenvalue weighted by atomic mass is 10.1. The van der Waals surface area contributed by atoms with Crippen molar-refractivity contribution in [3.05, 3.63) is 47.8 Å². The van der Waals surface area contributed by atoms with Gasteiger partial charge in [0.05, 0.1) is 30.9 Å². The zero-order chi connectivity index (χ0) is 21.6. The minimum Gasteiger partial charge on any atom is -0.497 e. The Balaban J connectivity index is 1.29. The minimum absolute atomic E-state index is 0.0521. The van der Waals surface area contributed by atoms with Crippen LogP contribution in [0.25, 0.3) is 22.3 Å². The van der Waals surface area contributed by atoms with Gasteiger partial charge in [-0.25, -0.2) is 9.97 Å². The fraction of sp³-hybridized carbons (Fsp3) is 0.227. The molecule has 160 valence electrons. The number of nitrogens with one attached hydrogen (secondary N) is 2. The summed E-state index contributed by atoms with van der Waals surface area (Å²) in [5.74, 6) is 2.17. The Morgan fingerprint density at radius 1 is 1.16 bits per heavy atom. The van der Waals surface area contributed by atoms with Gasteiger partial charge in [0.2, 0.25) is 5.91 Å². The average molecular weight is 455 g/mol. The van der Waals surface area contributed by atoms with Crippen LogP contribution in [-0.4, -0.2) is 40.8 Å². The maximum atomic E-state index is 12.3. The van der Waals surface area contributed by atoms with E-state index in [0.717, 1.165) is 45.4 Å². The summed E-state index contributed by atoms with van der Waals surface area (Å²) >= 11 is 3.00.